The van der Waals surface area contributed by atoms with E-state index >= 15 is 0 Å². The smallest absolute Gasteiger partial charge is 0.241 e. The number of alkyl halides is 3. The minimum Gasteiger partial charge on any atom is -0.241 e. The molecule has 0 fully saturated rings. The Morgan fingerprint density at radius 1 is 1.54 bits per heavy atom. The zero-order valence-electron chi connectivity index (χ0n) is 6.82. The maximum atomic E-state index is 12.3. The summed E-state index contributed by atoms with van der Waals surface area (Å²) in [5.41, 5.74) is 0.911. The average molecular weight is 226 g/mol. The predicted octanol–water partition coefficient (Wildman–Crippen LogP) is 3.72. The molecule has 0 unspecified atom stereocenters. The molecule has 0 N–H and O–H groups in total. The van der Waals surface area contributed by atoms with Crippen LogP contribution in [0.4, 0.5) is 8.78 Å². The van der Waals surface area contributed by atoms with Crippen LogP contribution in [0, 0.1) is 6.92 Å². The highest BCUT2D eigenvalue weighted by Gasteiger charge is 2.15. The molecular formula is C8H7Cl2F2N. The van der Waals surface area contributed by atoms with E-state index in [1.165, 1.54) is 6.07 Å². The second-order valence-electron chi connectivity index (χ2n) is 2.55. The summed E-state index contributed by atoms with van der Waals surface area (Å²) in [6.07, 6.45) is -2.61. The van der Waals surface area contributed by atoms with E-state index in [0.717, 1.165) is 0 Å². The number of aryl methyl sites for hydroxylation is 1. The highest BCUT2D eigenvalue weighted by atomic mass is 35.5. The highest BCUT2D eigenvalue weighted by molar-refractivity contribution is 6.30. The lowest BCUT2D eigenvalue weighted by molar-refractivity contribution is 0.151. The Morgan fingerprint density at radius 3 is 2.62 bits per heavy atom. The summed E-state index contributed by atoms with van der Waals surface area (Å²) < 4.78 is 24.6. The van der Waals surface area contributed by atoms with Gasteiger partial charge in [-0.2, -0.15) is 0 Å². The molecule has 1 aromatic rings. The summed E-state index contributed by atoms with van der Waals surface area (Å²) in [4.78, 5) is 3.77. The largest absolute Gasteiger partial charge is 0.266 e. The maximum absolute atomic E-state index is 12.3. The summed E-state index contributed by atoms with van der Waals surface area (Å²) >= 11 is 11.1. The van der Waals surface area contributed by atoms with E-state index in [-0.39, 0.29) is 16.6 Å². The second-order valence-corrected chi connectivity index (χ2v) is 3.17. The van der Waals surface area contributed by atoms with Crippen LogP contribution < -0.4 is 0 Å². The van der Waals surface area contributed by atoms with Crippen molar-refractivity contribution in [3.63, 3.8) is 0 Å². The van der Waals surface area contributed by atoms with E-state index < -0.39 is 6.43 Å². The Labute approximate surface area is 84.7 Å². The third-order valence-electron chi connectivity index (χ3n) is 1.68. The Morgan fingerprint density at radius 2 is 2.15 bits per heavy atom. The van der Waals surface area contributed by atoms with Crippen molar-refractivity contribution in [1.82, 2.24) is 4.98 Å². The molecule has 72 valence electrons. The SMILES string of the molecule is Cc1nc(Cl)c(C(F)F)cc1CCl. The van der Waals surface area contributed by atoms with Crippen molar-refractivity contribution < 1.29 is 8.78 Å². The Kier molecular flexibility index (Phi) is 3.45. The van der Waals surface area contributed by atoms with Crippen molar-refractivity contribution >= 4 is 23.2 Å². The Balaban J connectivity index is 3.22. The average Bonchev–Trinajstić information content (AvgIpc) is 2.03. The first kappa shape index (κ1) is 10.7. The highest BCUT2D eigenvalue weighted by Crippen LogP contribution is 2.27. The molecule has 0 saturated heterocycles. The lowest BCUT2D eigenvalue weighted by Gasteiger charge is -2.06. The number of halogens is 4. The van der Waals surface area contributed by atoms with E-state index in [2.05, 4.69) is 4.98 Å². The Hall–Kier alpha value is -0.410. The minimum absolute atomic E-state index is 0.152. The van der Waals surface area contributed by atoms with Crippen LogP contribution in [0.15, 0.2) is 6.07 Å². The van der Waals surface area contributed by atoms with E-state index in [9.17, 15) is 8.78 Å². The molecule has 1 nitrogen and oxygen atoms in total. The van der Waals surface area contributed by atoms with Gasteiger partial charge in [0.05, 0.1) is 5.56 Å². The van der Waals surface area contributed by atoms with Gasteiger partial charge in [-0.3, -0.25) is 0 Å². The number of hydrogen-bond donors (Lipinski definition) is 0. The van der Waals surface area contributed by atoms with E-state index in [0.29, 0.717) is 11.3 Å². The van der Waals surface area contributed by atoms with Crippen molar-refractivity contribution in [2.75, 3.05) is 0 Å². The molecule has 1 heterocycles. The predicted molar refractivity (Wildman–Crippen MR) is 48.5 cm³/mol. The molecule has 0 radical (unpaired) electrons. The molecule has 1 aromatic heterocycles. The zero-order valence-corrected chi connectivity index (χ0v) is 8.33. The molecule has 0 spiro atoms. The van der Waals surface area contributed by atoms with Crippen LogP contribution in [0.5, 0.6) is 0 Å². The topological polar surface area (TPSA) is 12.9 Å². The first-order valence-corrected chi connectivity index (χ1v) is 4.47. The fourth-order valence-electron chi connectivity index (χ4n) is 0.924. The molecule has 0 aliphatic heterocycles. The van der Waals surface area contributed by atoms with Crippen LogP contribution >= 0.6 is 23.2 Å². The van der Waals surface area contributed by atoms with Crippen molar-refractivity contribution in [3.8, 4) is 0 Å². The van der Waals surface area contributed by atoms with Crippen molar-refractivity contribution in [1.29, 1.82) is 0 Å². The summed E-state index contributed by atoms with van der Waals surface area (Å²) in [6.45, 7) is 1.68. The lowest BCUT2D eigenvalue weighted by atomic mass is 10.2. The molecule has 0 atom stereocenters. The Bertz CT molecular complexity index is 315. The van der Waals surface area contributed by atoms with Gasteiger partial charge in [0.25, 0.3) is 6.43 Å². The van der Waals surface area contributed by atoms with Crippen molar-refractivity contribution in [2.45, 2.75) is 19.2 Å². The molecule has 0 aliphatic carbocycles. The molecular weight excluding hydrogens is 219 g/mol. The summed E-state index contributed by atoms with van der Waals surface area (Å²) in [5.74, 6) is 0.162. The van der Waals surface area contributed by atoms with Crippen LogP contribution in [0.3, 0.4) is 0 Å². The van der Waals surface area contributed by atoms with Gasteiger partial charge < -0.3 is 0 Å². The first-order valence-electron chi connectivity index (χ1n) is 3.56. The number of aromatic nitrogens is 1. The number of rotatable bonds is 2. The van der Waals surface area contributed by atoms with Gasteiger partial charge in [0.15, 0.2) is 0 Å². The third kappa shape index (κ3) is 2.29. The minimum atomic E-state index is -2.61. The molecule has 0 aromatic carbocycles. The van der Waals surface area contributed by atoms with Crippen LogP contribution in [-0.2, 0) is 5.88 Å². The van der Waals surface area contributed by atoms with E-state index in [4.69, 9.17) is 23.2 Å². The van der Waals surface area contributed by atoms with Crippen LogP contribution in [-0.4, -0.2) is 4.98 Å². The normalized spacial score (nSPS) is 10.9. The molecule has 0 bridgehead atoms. The molecule has 0 aliphatic rings. The monoisotopic (exact) mass is 225 g/mol. The molecule has 5 heteroatoms. The van der Waals surface area contributed by atoms with Gasteiger partial charge in [0, 0.05) is 11.6 Å². The zero-order chi connectivity index (χ0) is 10.0. The summed E-state index contributed by atoms with van der Waals surface area (Å²) in [7, 11) is 0. The fourth-order valence-corrected chi connectivity index (χ4v) is 1.46. The second kappa shape index (κ2) is 4.20. The quantitative estimate of drug-likeness (QED) is 0.553. The van der Waals surface area contributed by atoms with Gasteiger partial charge in [-0.25, -0.2) is 13.8 Å². The van der Waals surface area contributed by atoms with Crippen LogP contribution in [0.1, 0.15) is 23.2 Å². The third-order valence-corrected chi connectivity index (χ3v) is 2.27. The van der Waals surface area contributed by atoms with Crippen molar-refractivity contribution in [3.05, 3.63) is 28.0 Å². The molecule has 1 rings (SSSR count). The van der Waals surface area contributed by atoms with Gasteiger partial charge in [-0.05, 0) is 18.6 Å². The molecule has 13 heavy (non-hydrogen) atoms. The number of hydrogen-bond acceptors (Lipinski definition) is 1. The first-order chi connectivity index (χ1) is 6.06. The number of nitrogens with zero attached hydrogens (tertiary/aromatic N) is 1. The van der Waals surface area contributed by atoms with E-state index in [1.54, 1.807) is 6.92 Å². The number of pyridine rings is 1. The fraction of sp³-hybridized carbons (Fsp3) is 0.375. The summed E-state index contributed by atoms with van der Waals surface area (Å²) in [6, 6.07) is 1.29. The van der Waals surface area contributed by atoms with E-state index in [1.807, 2.05) is 0 Å². The van der Waals surface area contributed by atoms with Crippen molar-refractivity contribution in [2.24, 2.45) is 0 Å². The van der Waals surface area contributed by atoms with Gasteiger partial charge in [-0.15, -0.1) is 11.6 Å². The van der Waals surface area contributed by atoms with Crippen LogP contribution in [0.2, 0.25) is 5.15 Å². The lowest BCUT2D eigenvalue weighted by Crippen LogP contribution is -1.96. The maximum Gasteiger partial charge on any atom is 0.266 e. The molecule has 0 saturated carbocycles. The van der Waals surface area contributed by atoms with Crippen LogP contribution in [0.25, 0.3) is 0 Å². The molecule has 0 amide bonds. The van der Waals surface area contributed by atoms with Gasteiger partial charge in [0.2, 0.25) is 0 Å². The standard InChI is InChI=1S/C8H7Cl2F2N/c1-4-5(3-9)2-6(8(11)12)7(10)13-4/h2,8H,3H2,1H3. The van der Waals surface area contributed by atoms with Gasteiger partial charge in [0.1, 0.15) is 5.15 Å². The van der Waals surface area contributed by atoms with Gasteiger partial charge in [-0.1, -0.05) is 11.6 Å². The van der Waals surface area contributed by atoms with Gasteiger partial charge >= 0.3 is 0 Å². The summed E-state index contributed by atoms with van der Waals surface area (Å²) in [5, 5.41) is -0.152.